The summed E-state index contributed by atoms with van der Waals surface area (Å²) >= 11 is 0. The van der Waals surface area contributed by atoms with Gasteiger partial charge in [-0.1, -0.05) is 51.5 Å². The van der Waals surface area contributed by atoms with E-state index in [9.17, 15) is 4.79 Å². The van der Waals surface area contributed by atoms with Crippen molar-refractivity contribution < 1.29 is 14.3 Å². The maximum atomic E-state index is 10.8. The minimum atomic E-state index is -0.320. The fourth-order valence-electron chi connectivity index (χ4n) is 2.09. The van der Waals surface area contributed by atoms with Crippen LogP contribution in [0.1, 0.15) is 71.6 Å². The molecule has 0 amide bonds. The molecule has 130 valence electrons. The maximum absolute atomic E-state index is 10.8. The van der Waals surface area contributed by atoms with Crippen molar-refractivity contribution >= 4 is 5.97 Å². The van der Waals surface area contributed by atoms with Crippen molar-refractivity contribution in [1.82, 2.24) is 0 Å². The SMILES string of the molecule is C=CC(=O)OCCCCCCCCCCCO[C@@H](C)C(C)N. The van der Waals surface area contributed by atoms with Crippen LogP contribution in [0.2, 0.25) is 0 Å². The molecule has 0 fully saturated rings. The Balaban J connectivity index is 3.11. The highest BCUT2D eigenvalue weighted by Crippen LogP contribution is 2.10. The van der Waals surface area contributed by atoms with Crippen LogP contribution < -0.4 is 5.73 Å². The standard InChI is InChI=1S/C18H35NO3/c1-4-18(20)22-15-13-11-9-7-5-6-8-10-12-14-21-17(3)16(2)19/h4,16-17H,1,5-15,19H2,2-3H3/t16?,17-/m0/s1. The maximum Gasteiger partial charge on any atom is 0.330 e. The van der Waals surface area contributed by atoms with E-state index in [1.807, 2.05) is 13.8 Å². The monoisotopic (exact) mass is 313 g/mol. The summed E-state index contributed by atoms with van der Waals surface area (Å²) in [4.78, 5) is 10.8. The van der Waals surface area contributed by atoms with Gasteiger partial charge in [0.25, 0.3) is 0 Å². The molecule has 22 heavy (non-hydrogen) atoms. The molecule has 4 heteroatoms. The molecule has 2 N–H and O–H groups in total. The topological polar surface area (TPSA) is 61.5 Å². The van der Waals surface area contributed by atoms with Crippen molar-refractivity contribution in [1.29, 1.82) is 0 Å². The minimum absolute atomic E-state index is 0.111. The van der Waals surface area contributed by atoms with Crippen molar-refractivity contribution in [2.45, 2.75) is 83.8 Å². The molecule has 0 spiro atoms. The highest BCUT2D eigenvalue weighted by atomic mass is 16.5. The second kappa shape index (κ2) is 15.0. The number of nitrogens with two attached hydrogens (primary N) is 1. The molecule has 0 aromatic heterocycles. The van der Waals surface area contributed by atoms with Gasteiger partial charge in [-0.2, -0.15) is 0 Å². The van der Waals surface area contributed by atoms with E-state index >= 15 is 0 Å². The molecule has 0 aliphatic carbocycles. The molecule has 1 unspecified atom stereocenters. The van der Waals surface area contributed by atoms with E-state index in [0.29, 0.717) is 6.61 Å². The van der Waals surface area contributed by atoms with Crippen molar-refractivity contribution in [3.05, 3.63) is 12.7 Å². The number of hydrogen-bond donors (Lipinski definition) is 1. The number of rotatable bonds is 15. The molecule has 0 bridgehead atoms. The Morgan fingerprint density at radius 2 is 1.41 bits per heavy atom. The smallest absolute Gasteiger partial charge is 0.330 e. The summed E-state index contributed by atoms with van der Waals surface area (Å²) in [6.07, 6.45) is 12.2. The van der Waals surface area contributed by atoms with Crippen LogP contribution in [0.5, 0.6) is 0 Å². The number of carbonyl (C=O) groups is 1. The quantitative estimate of drug-likeness (QED) is 0.282. The molecule has 0 saturated heterocycles. The molecule has 0 heterocycles. The molecule has 0 radical (unpaired) electrons. The summed E-state index contributed by atoms with van der Waals surface area (Å²) in [5, 5.41) is 0. The van der Waals surface area contributed by atoms with Gasteiger partial charge in [0.15, 0.2) is 0 Å². The number of hydrogen-bond acceptors (Lipinski definition) is 4. The van der Waals surface area contributed by atoms with Gasteiger partial charge in [0.1, 0.15) is 0 Å². The summed E-state index contributed by atoms with van der Waals surface area (Å²) < 4.78 is 10.6. The van der Waals surface area contributed by atoms with Gasteiger partial charge >= 0.3 is 5.97 Å². The lowest BCUT2D eigenvalue weighted by molar-refractivity contribution is -0.137. The summed E-state index contributed by atoms with van der Waals surface area (Å²) in [5.74, 6) is -0.320. The summed E-state index contributed by atoms with van der Waals surface area (Å²) in [6, 6.07) is 0.111. The molecule has 2 atom stereocenters. The number of ether oxygens (including phenoxy) is 2. The predicted octanol–water partition coefficient (Wildman–Crippen LogP) is 3.98. The number of carbonyl (C=O) groups excluding carboxylic acids is 1. The van der Waals surface area contributed by atoms with Crippen LogP contribution in [0.4, 0.5) is 0 Å². The average Bonchev–Trinajstić information content (AvgIpc) is 2.51. The normalized spacial score (nSPS) is 13.6. The Hall–Kier alpha value is -0.870. The zero-order valence-corrected chi connectivity index (χ0v) is 14.5. The van der Waals surface area contributed by atoms with Crippen molar-refractivity contribution in [3.8, 4) is 0 Å². The molecule has 0 aliphatic rings. The first-order chi connectivity index (χ1) is 10.6. The Morgan fingerprint density at radius 1 is 0.955 bits per heavy atom. The average molecular weight is 313 g/mol. The first-order valence-electron chi connectivity index (χ1n) is 8.74. The predicted molar refractivity (Wildman–Crippen MR) is 91.8 cm³/mol. The first-order valence-corrected chi connectivity index (χ1v) is 8.74. The van der Waals surface area contributed by atoms with Gasteiger partial charge in [0.2, 0.25) is 0 Å². The third-order valence-corrected chi connectivity index (χ3v) is 3.82. The third kappa shape index (κ3) is 14.1. The van der Waals surface area contributed by atoms with Gasteiger partial charge in [-0.05, 0) is 26.7 Å². The van der Waals surface area contributed by atoms with E-state index < -0.39 is 0 Å². The molecule has 0 saturated carbocycles. The summed E-state index contributed by atoms with van der Waals surface area (Å²) in [7, 11) is 0. The van der Waals surface area contributed by atoms with Gasteiger partial charge in [-0.3, -0.25) is 0 Å². The second-order valence-corrected chi connectivity index (χ2v) is 5.99. The van der Waals surface area contributed by atoms with E-state index in [0.717, 1.165) is 25.9 Å². The fraction of sp³-hybridized carbons (Fsp3) is 0.833. The molecule has 0 aromatic carbocycles. The first kappa shape index (κ1) is 21.1. The summed E-state index contributed by atoms with van der Waals surface area (Å²) in [6.45, 7) is 8.72. The number of unbranched alkanes of at least 4 members (excludes halogenated alkanes) is 8. The Kier molecular flexibility index (Phi) is 14.4. The van der Waals surface area contributed by atoms with E-state index in [-0.39, 0.29) is 18.1 Å². The van der Waals surface area contributed by atoms with Crippen molar-refractivity contribution in [2.75, 3.05) is 13.2 Å². The Labute approximate surface area is 136 Å². The lowest BCUT2D eigenvalue weighted by atomic mass is 10.1. The van der Waals surface area contributed by atoms with Crippen LogP contribution in [-0.2, 0) is 14.3 Å². The van der Waals surface area contributed by atoms with Crippen LogP contribution >= 0.6 is 0 Å². The molecular formula is C18H35NO3. The van der Waals surface area contributed by atoms with Gasteiger partial charge < -0.3 is 15.2 Å². The van der Waals surface area contributed by atoms with Gasteiger partial charge in [0.05, 0.1) is 12.7 Å². The second-order valence-electron chi connectivity index (χ2n) is 5.99. The van der Waals surface area contributed by atoms with Gasteiger partial charge in [-0.15, -0.1) is 0 Å². The van der Waals surface area contributed by atoms with Crippen LogP contribution in [0.15, 0.2) is 12.7 Å². The number of esters is 1. The third-order valence-electron chi connectivity index (χ3n) is 3.82. The summed E-state index contributed by atoms with van der Waals surface area (Å²) in [5.41, 5.74) is 5.74. The van der Waals surface area contributed by atoms with Crippen LogP contribution in [-0.4, -0.2) is 31.3 Å². The molecular weight excluding hydrogens is 278 g/mol. The van der Waals surface area contributed by atoms with Gasteiger partial charge in [-0.25, -0.2) is 4.79 Å². The Bertz CT molecular complexity index is 280. The van der Waals surface area contributed by atoms with Crippen LogP contribution in [0, 0.1) is 0 Å². The zero-order chi connectivity index (χ0) is 16.6. The molecule has 0 aromatic rings. The minimum Gasteiger partial charge on any atom is -0.463 e. The van der Waals surface area contributed by atoms with Gasteiger partial charge in [0, 0.05) is 18.7 Å². The van der Waals surface area contributed by atoms with Crippen LogP contribution in [0.25, 0.3) is 0 Å². The van der Waals surface area contributed by atoms with Crippen LogP contribution in [0.3, 0.4) is 0 Å². The lowest BCUT2D eigenvalue weighted by Crippen LogP contribution is -2.31. The van der Waals surface area contributed by atoms with Crippen molar-refractivity contribution in [2.24, 2.45) is 5.73 Å². The van der Waals surface area contributed by atoms with E-state index in [1.54, 1.807) is 0 Å². The Morgan fingerprint density at radius 3 is 1.86 bits per heavy atom. The highest BCUT2D eigenvalue weighted by Gasteiger charge is 2.06. The largest absolute Gasteiger partial charge is 0.463 e. The lowest BCUT2D eigenvalue weighted by Gasteiger charge is -2.16. The van der Waals surface area contributed by atoms with E-state index in [4.69, 9.17) is 15.2 Å². The van der Waals surface area contributed by atoms with E-state index in [1.165, 1.54) is 44.6 Å². The van der Waals surface area contributed by atoms with Crippen molar-refractivity contribution in [3.63, 3.8) is 0 Å². The van der Waals surface area contributed by atoms with E-state index in [2.05, 4.69) is 6.58 Å². The zero-order valence-electron chi connectivity index (χ0n) is 14.5. The molecule has 4 nitrogen and oxygen atoms in total. The molecule has 0 aliphatic heterocycles. The fourth-order valence-corrected chi connectivity index (χ4v) is 2.09. The highest BCUT2D eigenvalue weighted by molar-refractivity contribution is 5.81. The molecule has 0 rings (SSSR count).